The van der Waals surface area contributed by atoms with Crippen LogP contribution in [0.25, 0.3) is 11.4 Å². The number of carbonyl (C=O) groups excluding carboxylic acids is 1. The first-order valence-electron chi connectivity index (χ1n) is 8.94. The summed E-state index contributed by atoms with van der Waals surface area (Å²) in [6.45, 7) is 1.60. The number of hydrogen-bond acceptors (Lipinski definition) is 6. The minimum Gasteiger partial charge on any atom is -0.339 e. The van der Waals surface area contributed by atoms with Crippen molar-refractivity contribution in [2.45, 2.75) is 37.9 Å². The minimum absolute atomic E-state index is 0.136. The van der Waals surface area contributed by atoms with E-state index < -0.39 is 23.8 Å². The number of amides is 1. The first-order valence-corrected chi connectivity index (χ1v) is 8.94. The molecule has 29 heavy (non-hydrogen) atoms. The summed E-state index contributed by atoms with van der Waals surface area (Å²) in [7, 11) is 1.26. The summed E-state index contributed by atoms with van der Waals surface area (Å²) < 4.78 is 44.4. The van der Waals surface area contributed by atoms with E-state index >= 15 is 0 Å². The number of aryl methyl sites for hydroxylation is 1. The van der Waals surface area contributed by atoms with Gasteiger partial charge in [0.2, 0.25) is 11.7 Å². The van der Waals surface area contributed by atoms with Crippen LogP contribution < -0.4 is 5.32 Å². The first-order chi connectivity index (χ1) is 13.7. The van der Waals surface area contributed by atoms with Crippen LogP contribution in [0.4, 0.5) is 13.2 Å². The number of alkyl halides is 3. The third-order valence-corrected chi connectivity index (χ3v) is 4.60. The Morgan fingerprint density at radius 2 is 2.10 bits per heavy atom. The van der Waals surface area contributed by atoms with Crippen LogP contribution in [0.1, 0.15) is 59.5 Å². The minimum atomic E-state index is -4.63. The summed E-state index contributed by atoms with van der Waals surface area (Å²) in [6, 6.07) is 3.65. The highest BCUT2D eigenvalue weighted by atomic mass is 19.4. The maximum atomic E-state index is 12.8. The molecule has 3 aromatic heterocycles. The van der Waals surface area contributed by atoms with E-state index in [2.05, 4.69) is 25.5 Å². The van der Waals surface area contributed by atoms with E-state index in [1.165, 1.54) is 7.05 Å². The third-order valence-electron chi connectivity index (χ3n) is 4.60. The molecule has 3 heterocycles. The van der Waals surface area contributed by atoms with E-state index in [0.29, 0.717) is 17.8 Å². The highest BCUT2D eigenvalue weighted by Crippen LogP contribution is 2.39. The quantitative estimate of drug-likeness (QED) is 0.698. The van der Waals surface area contributed by atoms with Gasteiger partial charge < -0.3 is 9.84 Å². The van der Waals surface area contributed by atoms with Crippen LogP contribution in [-0.4, -0.2) is 30.8 Å². The summed E-state index contributed by atoms with van der Waals surface area (Å²) >= 11 is 0. The van der Waals surface area contributed by atoms with E-state index in [-0.39, 0.29) is 11.6 Å². The van der Waals surface area contributed by atoms with Gasteiger partial charge in [-0.2, -0.15) is 23.3 Å². The Morgan fingerprint density at radius 3 is 2.76 bits per heavy atom. The van der Waals surface area contributed by atoms with E-state index in [9.17, 15) is 18.0 Å². The van der Waals surface area contributed by atoms with Crippen molar-refractivity contribution in [3.05, 3.63) is 47.4 Å². The van der Waals surface area contributed by atoms with Crippen LogP contribution in [0.15, 0.2) is 28.9 Å². The van der Waals surface area contributed by atoms with Gasteiger partial charge in [0.1, 0.15) is 11.7 Å². The lowest BCUT2D eigenvalue weighted by Crippen LogP contribution is -2.28. The van der Waals surface area contributed by atoms with E-state index in [4.69, 9.17) is 4.52 Å². The number of aromatic nitrogens is 5. The molecular formula is C18H17F3N6O2. The lowest BCUT2D eigenvalue weighted by Gasteiger charge is -2.09. The maximum Gasteiger partial charge on any atom is 0.435 e. The molecule has 1 N–H and O–H groups in total. The molecule has 0 spiro atoms. The topological polar surface area (TPSA) is 98.7 Å². The molecule has 0 aliphatic heterocycles. The van der Waals surface area contributed by atoms with Crippen LogP contribution >= 0.6 is 0 Å². The fraction of sp³-hybridized carbons (Fsp3) is 0.389. The zero-order valence-electron chi connectivity index (χ0n) is 15.6. The van der Waals surface area contributed by atoms with Gasteiger partial charge in [0.25, 0.3) is 5.91 Å². The van der Waals surface area contributed by atoms with Gasteiger partial charge in [-0.1, -0.05) is 5.16 Å². The Labute approximate surface area is 163 Å². The molecule has 4 rings (SSSR count). The Bertz CT molecular complexity index is 1050. The second-order valence-corrected chi connectivity index (χ2v) is 6.93. The van der Waals surface area contributed by atoms with Gasteiger partial charge in [-0.3, -0.25) is 14.5 Å². The molecule has 11 heteroatoms. The molecule has 1 aliphatic rings. The van der Waals surface area contributed by atoms with Gasteiger partial charge in [-0.25, -0.2) is 0 Å². The van der Waals surface area contributed by atoms with E-state index in [1.54, 1.807) is 19.2 Å². The summed E-state index contributed by atoms with van der Waals surface area (Å²) in [5, 5.41) is 9.81. The monoisotopic (exact) mass is 406 g/mol. The number of halogens is 3. The van der Waals surface area contributed by atoms with Crippen molar-refractivity contribution >= 4 is 5.91 Å². The lowest BCUT2D eigenvalue weighted by atomic mass is 10.2. The molecule has 0 unspecified atom stereocenters. The second-order valence-electron chi connectivity index (χ2n) is 6.93. The average Bonchev–Trinajstić information content (AvgIpc) is 3.25. The van der Waals surface area contributed by atoms with Crippen LogP contribution in [0.2, 0.25) is 0 Å². The van der Waals surface area contributed by atoms with Crippen molar-refractivity contribution in [3.8, 4) is 11.4 Å². The molecule has 1 amide bonds. The molecule has 0 saturated heterocycles. The van der Waals surface area contributed by atoms with Crippen molar-refractivity contribution in [3.63, 3.8) is 0 Å². The summed E-state index contributed by atoms with van der Waals surface area (Å²) in [5.74, 6) is 0.226. The molecule has 0 radical (unpaired) electrons. The molecule has 1 fully saturated rings. The Kier molecular flexibility index (Phi) is 4.59. The number of nitrogens with one attached hydrogen (secondary N) is 1. The van der Waals surface area contributed by atoms with Crippen molar-refractivity contribution < 1.29 is 22.5 Å². The number of hydrogen-bond donors (Lipinski definition) is 1. The standard InChI is InChI=1S/C18H17F3N6O2/c1-9(23-16(28)13-8-14(18(19,20)21)25-27(13)2)17-24-15(26-29-17)11-5-6-22-12(7-11)10-3-4-10/h5-10H,3-4H2,1-2H3,(H,23,28)/t9-/m0/s1. The van der Waals surface area contributed by atoms with Crippen molar-refractivity contribution in [2.75, 3.05) is 0 Å². The molecule has 1 saturated carbocycles. The fourth-order valence-corrected chi connectivity index (χ4v) is 2.87. The van der Waals surface area contributed by atoms with Gasteiger partial charge in [0.15, 0.2) is 5.69 Å². The molecule has 1 aliphatic carbocycles. The lowest BCUT2D eigenvalue weighted by molar-refractivity contribution is -0.141. The molecule has 0 aromatic carbocycles. The highest BCUT2D eigenvalue weighted by molar-refractivity contribution is 5.92. The van der Waals surface area contributed by atoms with Gasteiger partial charge in [0.05, 0.1) is 0 Å². The molecule has 0 bridgehead atoms. The van der Waals surface area contributed by atoms with Crippen molar-refractivity contribution in [1.29, 1.82) is 0 Å². The van der Waals surface area contributed by atoms with Crippen LogP contribution in [-0.2, 0) is 13.2 Å². The second kappa shape index (κ2) is 6.98. The first kappa shape index (κ1) is 19.1. The zero-order valence-corrected chi connectivity index (χ0v) is 15.6. The van der Waals surface area contributed by atoms with Crippen LogP contribution in [0.3, 0.4) is 0 Å². The summed E-state index contributed by atoms with van der Waals surface area (Å²) in [5.41, 5.74) is 0.359. The average molecular weight is 406 g/mol. The number of rotatable bonds is 5. The molecule has 1 atom stereocenters. The van der Waals surface area contributed by atoms with Crippen molar-refractivity contribution in [1.82, 2.24) is 30.2 Å². The van der Waals surface area contributed by atoms with Crippen molar-refractivity contribution in [2.24, 2.45) is 7.05 Å². The maximum absolute atomic E-state index is 12.8. The number of nitrogens with zero attached hydrogens (tertiary/aromatic N) is 5. The summed E-state index contributed by atoms with van der Waals surface area (Å²) in [6.07, 6.45) is -0.722. The number of carbonyl (C=O) groups is 1. The largest absolute Gasteiger partial charge is 0.435 e. The van der Waals surface area contributed by atoms with E-state index in [1.807, 2.05) is 6.07 Å². The van der Waals surface area contributed by atoms with Gasteiger partial charge >= 0.3 is 6.18 Å². The van der Waals surface area contributed by atoms with Crippen LogP contribution in [0, 0.1) is 0 Å². The van der Waals surface area contributed by atoms with Gasteiger partial charge in [0, 0.05) is 36.5 Å². The molecule has 3 aromatic rings. The Balaban J connectivity index is 1.48. The molecule has 8 nitrogen and oxygen atoms in total. The Morgan fingerprint density at radius 1 is 1.34 bits per heavy atom. The smallest absolute Gasteiger partial charge is 0.339 e. The SMILES string of the molecule is C[C@H](NC(=O)c1cc(C(F)(F)F)nn1C)c1nc(-c2ccnc(C3CC3)c2)no1. The zero-order chi connectivity index (χ0) is 20.8. The fourth-order valence-electron chi connectivity index (χ4n) is 2.87. The molecule has 152 valence electrons. The number of pyridine rings is 1. The normalized spacial score (nSPS) is 15.3. The van der Waals surface area contributed by atoms with Gasteiger partial charge in [-0.15, -0.1) is 0 Å². The molecular weight excluding hydrogens is 389 g/mol. The Hall–Kier alpha value is -3.24. The van der Waals surface area contributed by atoms with Gasteiger partial charge in [-0.05, 0) is 31.9 Å². The highest BCUT2D eigenvalue weighted by Gasteiger charge is 2.35. The summed E-state index contributed by atoms with van der Waals surface area (Å²) in [4.78, 5) is 21.0. The predicted molar refractivity (Wildman–Crippen MR) is 93.6 cm³/mol. The third kappa shape index (κ3) is 3.98. The van der Waals surface area contributed by atoms with E-state index in [0.717, 1.165) is 28.8 Å². The van der Waals surface area contributed by atoms with Crippen LogP contribution in [0.5, 0.6) is 0 Å². The predicted octanol–water partition coefficient (Wildman–Crippen LogP) is 3.25.